The molecule has 0 aromatic rings. The molecule has 1 aliphatic rings. The topological polar surface area (TPSA) is 51.4 Å². The predicted molar refractivity (Wildman–Crippen MR) is 36.8 cm³/mol. The Bertz CT molecular complexity index is 136. The number of piperidine rings is 1. The maximum atomic E-state index is 10.4. The number of hydrogen-bond donors (Lipinski definition) is 1. The Morgan fingerprint density at radius 3 is 2.80 bits per heavy atom. The molecule has 0 bridgehead atoms. The first-order valence-electron chi connectivity index (χ1n) is 3.59. The van der Waals surface area contributed by atoms with E-state index in [1.807, 2.05) is 0 Å². The van der Waals surface area contributed by atoms with E-state index in [0.717, 1.165) is 19.4 Å². The van der Waals surface area contributed by atoms with Crippen molar-refractivity contribution in [3.05, 3.63) is 0 Å². The van der Waals surface area contributed by atoms with Gasteiger partial charge in [-0.3, -0.25) is 4.79 Å². The molecule has 0 amide bonds. The van der Waals surface area contributed by atoms with Gasteiger partial charge >= 0.3 is 5.97 Å². The van der Waals surface area contributed by atoms with Gasteiger partial charge in [-0.25, -0.2) is 5.32 Å². The lowest BCUT2D eigenvalue weighted by atomic mass is 9.94. The molecule has 0 aromatic heterocycles. The summed E-state index contributed by atoms with van der Waals surface area (Å²) in [6.07, 6.45) is 1.76. The third-order valence-corrected chi connectivity index (χ3v) is 1.88. The van der Waals surface area contributed by atoms with Crippen LogP contribution in [0.5, 0.6) is 0 Å². The first-order chi connectivity index (χ1) is 4.70. The van der Waals surface area contributed by atoms with Crippen LogP contribution in [0.2, 0.25) is 0 Å². The normalized spacial score (nSPS) is 33.7. The van der Waals surface area contributed by atoms with Crippen molar-refractivity contribution in [3.8, 4) is 0 Å². The summed E-state index contributed by atoms with van der Waals surface area (Å²) < 4.78 is 0. The zero-order valence-electron chi connectivity index (χ0n) is 6.08. The number of nitrogens with zero attached hydrogens (tertiary/aromatic N) is 1. The highest BCUT2D eigenvalue weighted by atomic mass is 16.4. The minimum atomic E-state index is -0.772. The van der Waals surface area contributed by atoms with Crippen LogP contribution < -0.4 is 5.32 Å². The molecule has 2 atom stereocenters. The summed E-state index contributed by atoms with van der Waals surface area (Å²) in [6, 6.07) is -0.427. The third-order valence-electron chi connectivity index (χ3n) is 1.88. The summed E-state index contributed by atoms with van der Waals surface area (Å²) in [5.74, 6) is -0.245. The molecule has 1 aliphatic heterocycles. The standard InChI is InChI=1S/C7H12NO2/c1-5-2-3-8-6(4-5)7(9)10/h5-6H,2-4H2,1H3,(H,9,10)/t5-,6-/m1/s1. The molecule has 1 N–H and O–H groups in total. The van der Waals surface area contributed by atoms with E-state index in [0.29, 0.717) is 5.92 Å². The molecule has 0 spiro atoms. The van der Waals surface area contributed by atoms with E-state index in [4.69, 9.17) is 5.11 Å². The third kappa shape index (κ3) is 1.70. The first-order valence-corrected chi connectivity index (χ1v) is 3.59. The monoisotopic (exact) mass is 142 g/mol. The fourth-order valence-electron chi connectivity index (χ4n) is 1.20. The Morgan fingerprint density at radius 1 is 1.70 bits per heavy atom. The summed E-state index contributed by atoms with van der Waals surface area (Å²) in [5, 5.41) is 12.5. The second-order valence-electron chi connectivity index (χ2n) is 2.89. The number of carboxylic acids is 1. The molecule has 1 fully saturated rings. The lowest BCUT2D eigenvalue weighted by Gasteiger charge is -2.22. The largest absolute Gasteiger partial charge is 0.480 e. The summed E-state index contributed by atoms with van der Waals surface area (Å²) in [6.45, 7) is 2.79. The molecule has 1 heterocycles. The van der Waals surface area contributed by atoms with E-state index in [1.165, 1.54) is 0 Å². The summed E-state index contributed by atoms with van der Waals surface area (Å²) in [7, 11) is 0. The van der Waals surface area contributed by atoms with Crippen molar-refractivity contribution in [1.29, 1.82) is 0 Å². The SMILES string of the molecule is C[C@@H]1CC[N][C@@H](C(=O)O)C1. The van der Waals surface area contributed by atoms with Crippen LogP contribution in [0.3, 0.4) is 0 Å². The second kappa shape index (κ2) is 3.01. The van der Waals surface area contributed by atoms with E-state index < -0.39 is 12.0 Å². The average Bonchev–Trinajstić information content (AvgIpc) is 1.88. The van der Waals surface area contributed by atoms with E-state index in [-0.39, 0.29) is 0 Å². The number of rotatable bonds is 1. The lowest BCUT2D eigenvalue weighted by molar-refractivity contribution is -0.140. The van der Waals surface area contributed by atoms with E-state index >= 15 is 0 Å². The number of carboxylic acid groups (broad SMARTS) is 1. The van der Waals surface area contributed by atoms with Crippen molar-refractivity contribution in [2.45, 2.75) is 25.8 Å². The Kier molecular flexibility index (Phi) is 2.27. The predicted octanol–water partition coefficient (Wildman–Crippen LogP) is 0.474. The van der Waals surface area contributed by atoms with Crippen LogP contribution in [0.4, 0.5) is 0 Å². The van der Waals surface area contributed by atoms with Gasteiger partial charge in [0, 0.05) is 6.54 Å². The smallest absolute Gasteiger partial charge is 0.322 e. The Hall–Kier alpha value is -0.570. The highest BCUT2D eigenvalue weighted by Gasteiger charge is 2.24. The molecule has 0 unspecified atom stereocenters. The van der Waals surface area contributed by atoms with Crippen LogP contribution in [0, 0.1) is 5.92 Å². The van der Waals surface area contributed by atoms with Gasteiger partial charge in [0.25, 0.3) is 0 Å². The van der Waals surface area contributed by atoms with Gasteiger partial charge in [-0.1, -0.05) is 6.92 Å². The molecule has 3 heteroatoms. The van der Waals surface area contributed by atoms with Gasteiger partial charge in [-0.05, 0) is 18.8 Å². The van der Waals surface area contributed by atoms with Crippen LogP contribution >= 0.6 is 0 Å². The van der Waals surface area contributed by atoms with Crippen LogP contribution in [-0.2, 0) is 4.79 Å². The molecule has 1 radical (unpaired) electrons. The van der Waals surface area contributed by atoms with E-state index in [1.54, 1.807) is 0 Å². The summed E-state index contributed by atoms with van der Waals surface area (Å²) in [4.78, 5) is 10.4. The van der Waals surface area contributed by atoms with Crippen molar-refractivity contribution in [2.75, 3.05) is 6.54 Å². The number of aliphatic carboxylic acids is 1. The average molecular weight is 142 g/mol. The molecular formula is C7H12NO2. The summed E-state index contributed by atoms with van der Waals surface area (Å²) in [5.41, 5.74) is 0. The van der Waals surface area contributed by atoms with E-state index in [2.05, 4.69) is 12.2 Å². The minimum absolute atomic E-state index is 0.427. The second-order valence-corrected chi connectivity index (χ2v) is 2.89. The minimum Gasteiger partial charge on any atom is -0.480 e. The highest BCUT2D eigenvalue weighted by Crippen LogP contribution is 2.15. The maximum absolute atomic E-state index is 10.4. The Morgan fingerprint density at radius 2 is 2.40 bits per heavy atom. The van der Waals surface area contributed by atoms with Crippen LogP contribution in [0.15, 0.2) is 0 Å². The van der Waals surface area contributed by atoms with Crippen LogP contribution in [-0.4, -0.2) is 23.7 Å². The lowest BCUT2D eigenvalue weighted by Crippen LogP contribution is -2.37. The van der Waals surface area contributed by atoms with Crippen molar-refractivity contribution in [3.63, 3.8) is 0 Å². The zero-order chi connectivity index (χ0) is 7.56. The molecule has 3 nitrogen and oxygen atoms in total. The molecule has 1 rings (SSSR count). The quantitative estimate of drug-likeness (QED) is 0.578. The van der Waals surface area contributed by atoms with Gasteiger partial charge in [0.05, 0.1) is 0 Å². The number of hydrogen-bond acceptors (Lipinski definition) is 1. The fourth-order valence-corrected chi connectivity index (χ4v) is 1.20. The van der Waals surface area contributed by atoms with Gasteiger partial charge in [0.1, 0.15) is 6.04 Å². The summed E-state index contributed by atoms with van der Waals surface area (Å²) >= 11 is 0. The molecule has 57 valence electrons. The van der Waals surface area contributed by atoms with Gasteiger partial charge in [-0.15, -0.1) is 0 Å². The maximum Gasteiger partial charge on any atom is 0.322 e. The molecule has 0 aromatic carbocycles. The van der Waals surface area contributed by atoms with Gasteiger partial charge in [0.2, 0.25) is 0 Å². The van der Waals surface area contributed by atoms with Crippen molar-refractivity contribution < 1.29 is 9.90 Å². The molecule has 10 heavy (non-hydrogen) atoms. The van der Waals surface area contributed by atoms with Crippen LogP contribution in [0.1, 0.15) is 19.8 Å². The fraction of sp³-hybridized carbons (Fsp3) is 0.857. The number of carbonyl (C=O) groups is 1. The Balaban J connectivity index is 2.39. The van der Waals surface area contributed by atoms with Gasteiger partial charge in [0.15, 0.2) is 0 Å². The van der Waals surface area contributed by atoms with Crippen LogP contribution in [0.25, 0.3) is 0 Å². The zero-order valence-corrected chi connectivity index (χ0v) is 6.08. The molecular weight excluding hydrogens is 130 g/mol. The first kappa shape index (κ1) is 7.54. The highest BCUT2D eigenvalue weighted by molar-refractivity contribution is 5.73. The Labute approximate surface area is 60.4 Å². The molecule has 0 aliphatic carbocycles. The van der Waals surface area contributed by atoms with Gasteiger partial charge in [-0.2, -0.15) is 0 Å². The molecule has 1 saturated heterocycles. The van der Waals surface area contributed by atoms with Gasteiger partial charge < -0.3 is 5.11 Å². The van der Waals surface area contributed by atoms with Crippen molar-refractivity contribution in [2.24, 2.45) is 5.92 Å². The van der Waals surface area contributed by atoms with Crippen molar-refractivity contribution >= 4 is 5.97 Å². The molecule has 0 saturated carbocycles. The van der Waals surface area contributed by atoms with E-state index in [9.17, 15) is 4.79 Å². The van der Waals surface area contributed by atoms with Crippen molar-refractivity contribution in [1.82, 2.24) is 5.32 Å².